The predicted octanol–water partition coefficient (Wildman–Crippen LogP) is 3.96. The number of thiophene rings is 1. The van der Waals surface area contributed by atoms with Gasteiger partial charge in [-0.3, -0.25) is 0 Å². The zero-order valence-corrected chi connectivity index (χ0v) is 13.2. The average molecular weight is 327 g/mol. The van der Waals surface area contributed by atoms with Crippen LogP contribution in [0.4, 0.5) is 0 Å². The minimum absolute atomic E-state index is 0.0787. The van der Waals surface area contributed by atoms with Gasteiger partial charge in [-0.25, -0.2) is 4.79 Å². The van der Waals surface area contributed by atoms with Gasteiger partial charge in [-0.2, -0.15) is 0 Å². The molecule has 1 aliphatic rings. The number of hydrogen-bond donors (Lipinski definition) is 0. The standard InChI is InChI=1S/C17H13NO4S/c1-10-6-12(22-18-10)9-21-17(19)15-7-11-8-20-14-5-3-2-4-13(14)16(11)23-15/h2-7H,8-9H2,1H3. The quantitative estimate of drug-likeness (QED) is 0.681. The Morgan fingerprint density at radius 1 is 1.35 bits per heavy atom. The van der Waals surface area contributed by atoms with E-state index in [1.54, 1.807) is 6.07 Å². The number of ether oxygens (including phenoxy) is 2. The van der Waals surface area contributed by atoms with Crippen LogP contribution in [-0.4, -0.2) is 11.1 Å². The Hall–Kier alpha value is -2.60. The summed E-state index contributed by atoms with van der Waals surface area (Å²) in [5, 5.41) is 3.77. The summed E-state index contributed by atoms with van der Waals surface area (Å²) in [6.07, 6.45) is 0. The monoisotopic (exact) mass is 327 g/mol. The summed E-state index contributed by atoms with van der Waals surface area (Å²) >= 11 is 1.43. The Bertz CT molecular complexity index is 880. The van der Waals surface area contributed by atoms with Gasteiger partial charge >= 0.3 is 5.97 Å². The molecule has 0 spiro atoms. The molecule has 116 valence electrons. The van der Waals surface area contributed by atoms with Crippen LogP contribution in [0.1, 0.15) is 26.7 Å². The molecule has 0 fully saturated rings. The molecule has 0 atom stereocenters. The summed E-state index contributed by atoms with van der Waals surface area (Å²) in [7, 11) is 0. The minimum Gasteiger partial charge on any atom is -0.488 e. The SMILES string of the molecule is Cc1cc(COC(=O)c2cc3c(s2)-c2ccccc2OC3)on1. The van der Waals surface area contributed by atoms with Crippen molar-refractivity contribution in [1.29, 1.82) is 0 Å². The molecule has 0 saturated carbocycles. The van der Waals surface area contributed by atoms with Gasteiger partial charge in [-0.15, -0.1) is 11.3 Å². The highest BCUT2D eigenvalue weighted by atomic mass is 32.1. The van der Waals surface area contributed by atoms with E-state index in [2.05, 4.69) is 5.16 Å². The van der Waals surface area contributed by atoms with Crippen LogP contribution in [0.3, 0.4) is 0 Å². The van der Waals surface area contributed by atoms with Crippen LogP contribution in [0.25, 0.3) is 10.4 Å². The van der Waals surface area contributed by atoms with Crippen molar-refractivity contribution in [2.45, 2.75) is 20.1 Å². The zero-order chi connectivity index (χ0) is 15.8. The average Bonchev–Trinajstić information content (AvgIpc) is 3.18. The number of carbonyl (C=O) groups is 1. The molecular formula is C17H13NO4S. The molecule has 3 aromatic rings. The second-order valence-corrected chi connectivity index (χ2v) is 6.31. The van der Waals surface area contributed by atoms with Gasteiger partial charge in [0.1, 0.15) is 17.2 Å². The summed E-state index contributed by atoms with van der Waals surface area (Å²) in [6, 6.07) is 11.4. The zero-order valence-electron chi connectivity index (χ0n) is 12.4. The molecule has 2 aromatic heterocycles. The third-order valence-electron chi connectivity index (χ3n) is 3.55. The highest BCUT2D eigenvalue weighted by molar-refractivity contribution is 7.17. The van der Waals surface area contributed by atoms with Crippen molar-refractivity contribution in [2.24, 2.45) is 0 Å². The molecule has 23 heavy (non-hydrogen) atoms. The van der Waals surface area contributed by atoms with Crippen LogP contribution in [0, 0.1) is 6.92 Å². The summed E-state index contributed by atoms with van der Waals surface area (Å²) < 4.78 is 16.0. The van der Waals surface area contributed by atoms with Crippen molar-refractivity contribution in [3.8, 4) is 16.2 Å². The summed E-state index contributed by atoms with van der Waals surface area (Å²) in [4.78, 5) is 13.9. The van der Waals surface area contributed by atoms with Crippen molar-refractivity contribution in [1.82, 2.24) is 5.16 Å². The van der Waals surface area contributed by atoms with Gasteiger partial charge in [0.25, 0.3) is 0 Å². The van der Waals surface area contributed by atoms with Crippen LogP contribution in [0.15, 0.2) is 40.9 Å². The molecule has 0 saturated heterocycles. The van der Waals surface area contributed by atoms with Crippen LogP contribution in [-0.2, 0) is 18.0 Å². The van der Waals surface area contributed by atoms with E-state index in [1.165, 1.54) is 11.3 Å². The summed E-state index contributed by atoms with van der Waals surface area (Å²) in [5.74, 6) is 1.01. The molecule has 0 radical (unpaired) electrons. The van der Waals surface area contributed by atoms with Gasteiger partial charge in [0.2, 0.25) is 0 Å². The molecule has 6 heteroatoms. The number of aryl methyl sites for hydroxylation is 1. The lowest BCUT2D eigenvalue weighted by Crippen LogP contribution is -2.03. The molecule has 0 bridgehead atoms. The summed E-state index contributed by atoms with van der Waals surface area (Å²) in [5.41, 5.74) is 2.79. The second kappa shape index (κ2) is 5.55. The molecular weight excluding hydrogens is 314 g/mol. The molecule has 1 aromatic carbocycles. The van der Waals surface area contributed by atoms with E-state index in [-0.39, 0.29) is 12.6 Å². The van der Waals surface area contributed by atoms with Crippen LogP contribution < -0.4 is 4.74 Å². The topological polar surface area (TPSA) is 61.6 Å². The third kappa shape index (κ3) is 2.61. The number of para-hydroxylation sites is 1. The second-order valence-electron chi connectivity index (χ2n) is 5.26. The smallest absolute Gasteiger partial charge is 0.348 e. The van der Waals surface area contributed by atoms with Gasteiger partial charge in [0.05, 0.1) is 5.69 Å². The van der Waals surface area contributed by atoms with Crippen molar-refractivity contribution in [3.05, 3.63) is 58.3 Å². The van der Waals surface area contributed by atoms with E-state index in [9.17, 15) is 4.79 Å². The first-order chi connectivity index (χ1) is 11.2. The minimum atomic E-state index is -0.365. The first-order valence-electron chi connectivity index (χ1n) is 7.15. The third-order valence-corrected chi connectivity index (χ3v) is 4.74. The van der Waals surface area contributed by atoms with E-state index >= 15 is 0 Å². The van der Waals surface area contributed by atoms with Gasteiger partial charge in [0, 0.05) is 22.1 Å². The number of aromatic nitrogens is 1. The first kappa shape index (κ1) is 14.0. The van der Waals surface area contributed by atoms with Crippen LogP contribution in [0.5, 0.6) is 5.75 Å². The molecule has 0 N–H and O–H groups in total. The lowest BCUT2D eigenvalue weighted by atomic mass is 10.1. The fourth-order valence-electron chi connectivity index (χ4n) is 2.49. The number of esters is 1. The lowest BCUT2D eigenvalue weighted by Gasteiger charge is -2.16. The summed E-state index contributed by atoms with van der Waals surface area (Å²) in [6.45, 7) is 2.37. The highest BCUT2D eigenvalue weighted by Crippen LogP contribution is 2.42. The molecule has 0 unspecified atom stereocenters. The van der Waals surface area contributed by atoms with E-state index in [1.807, 2.05) is 37.3 Å². The Morgan fingerprint density at radius 2 is 2.22 bits per heavy atom. The number of hydrogen-bond acceptors (Lipinski definition) is 6. The number of carbonyl (C=O) groups excluding carboxylic acids is 1. The van der Waals surface area contributed by atoms with Crippen molar-refractivity contribution in [3.63, 3.8) is 0 Å². The largest absolute Gasteiger partial charge is 0.488 e. The number of benzene rings is 1. The number of fused-ring (bicyclic) bond motifs is 3. The number of nitrogens with zero attached hydrogens (tertiary/aromatic N) is 1. The van der Waals surface area contributed by atoms with Crippen molar-refractivity contribution in [2.75, 3.05) is 0 Å². The van der Waals surface area contributed by atoms with Gasteiger partial charge in [0.15, 0.2) is 12.4 Å². The van der Waals surface area contributed by atoms with E-state index in [0.29, 0.717) is 17.2 Å². The molecule has 3 heterocycles. The van der Waals surface area contributed by atoms with Gasteiger partial charge in [-0.1, -0.05) is 17.3 Å². The highest BCUT2D eigenvalue weighted by Gasteiger charge is 2.23. The maximum absolute atomic E-state index is 12.2. The van der Waals surface area contributed by atoms with Gasteiger partial charge < -0.3 is 14.0 Å². The fraction of sp³-hybridized carbons (Fsp3) is 0.176. The Balaban J connectivity index is 1.55. The van der Waals surface area contributed by atoms with E-state index in [4.69, 9.17) is 14.0 Å². The maximum atomic E-state index is 12.2. The lowest BCUT2D eigenvalue weighted by molar-refractivity contribution is 0.0443. The Kier molecular flexibility index (Phi) is 3.38. The Labute approximate surface area is 136 Å². The predicted molar refractivity (Wildman–Crippen MR) is 84.4 cm³/mol. The Morgan fingerprint density at radius 3 is 3.04 bits per heavy atom. The maximum Gasteiger partial charge on any atom is 0.348 e. The van der Waals surface area contributed by atoms with Crippen molar-refractivity contribution >= 4 is 17.3 Å². The van der Waals surface area contributed by atoms with E-state index < -0.39 is 0 Å². The molecule has 4 rings (SSSR count). The normalized spacial score (nSPS) is 12.2. The first-order valence-corrected chi connectivity index (χ1v) is 7.96. The molecule has 5 nitrogen and oxygen atoms in total. The fourth-order valence-corrected chi connectivity index (χ4v) is 3.58. The molecule has 1 aliphatic heterocycles. The van der Waals surface area contributed by atoms with Crippen LogP contribution in [0.2, 0.25) is 0 Å². The van der Waals surface area contributed by atoms with Crippen molar-refractivity contribution < 1.29 is 18.8 Å². The number of rotatable bonds is 3. The van der Waals surface area contributed by atoms with Crippen LogP contribution >= 0.6 is 11.3 Å². The molecule has 0 amide bonds. The molecule has 0 aliphatic carbocycles. The van der Waals surface area contributed by atoms with Gasteiger partial charge in [-0.05, 0) is 25.1 Å². The van der Waals surface area contributed by atoms with E-state index in [0.717, 1.165) is 27.4 Å².